The van der Waals surface area contributed by atoms with Crippen LogP contribution in [-0.4, -0.2) is 20.6 Å². The number of tetrazole rings is 1. The van der Waals surface area contributed by atoms with Crippen molar-refractivity contribution in [2.24, 2.45) is 0 Å². The Kier molecular flexibility index (Phi) is 5.93. The van der Waals surface area contributed by atoms with E-state index in [9.17, 15) is 0 Å². The number of rotatable bonds is 6. The van der Waals surface area contributed by atoms with Crippen LogP contribution in [-0.2, 0) is 6.42 Å². The summed E-state index contributed by atoms with van der Waals surface area (Å²) < 4.78 is 2.08. The summed E-state index contributed by atoms with van der Waals surface area (Å²) in [6, 6.07) is 0. The summed E-state index contributed by atoms with van der Waals surface area (Å²) in [5, 5.41) is 14.6. The Morgan fingerprint density at radius 2 is 1.76 bits per heavy atom. The number of H-pyrrole nitrogens is 1. The molecule has 114 valence electrons. The van der Waals surface area contributed by atoms with Crippen LogP contribution in [0.15, 0.2) is 8.95 Å². The van der Waals surface area contributed by atoms with Crippen molar-refractivity contribution >= 4 is 31.9 Å². The van der Waals surface area contributed by atoms with E-state index in [0.717, 1.165) is 20.9 Å². The average Bonchev–Trinajstić information content (AvgIpc) is 3.00. The zero-order chi connectivity index (χ0) is 15.4. The van der Waals surface area contributed by atoms with Crippen LogP contribution in [0.25, 0.3) is 11.4 Å². The van der Waals surface area contributed by atoms with Crippen molar-refractivity contribution in [3.63, 3.8) is 0 Å². The van der Waals surface area contributed by atoms with Crippen LogP contribution in [0.1, 0.15) is 49.3 Å². The fourth-order valence-electron chi connectivity index (χ4n) is 2.53. The van der Waals surface area contributed by atoms with Gasteiger partial charge in [0.15, 0.2) is 0 Å². The van der Waals surface area contributed by atoms with Gasteiger partial charge in [0.1, 0.15) is 0 Å². The number of aromatic amines is 1. The number of nitrogens with zero attached hydrogens (tertiary/aromatic N) is 3. The number of hydrogen-bond acceptors (Lipinski definition) is 3. The van der Waals surface area contributed by atoms with E-state index in [4.69, 9.17) is 0 Å². The molecule has 0 aliphatic heterocycles. The molecule has 21 heavy (non-hydrogen) atoms. The normalized spacial score (nSPS) is 11.1. The molecule has 0 radical (unpaired) electrons. The van der Waals surface area contributed by atoms with Gasteiger partial charge in [-0.25, -0.2) is 0 Å². The SMILES string of the molecule is CCCCCCc1c(C)c(C)c(Br)c(Br)c1-c1nn[nH]n1. The van der Waals surface area contributed by atoms with Crippen LogP contribution in [0.3, 0.4) is 0 Å². The second-order valence-electron chi connectivity index (χ2n) is 5.28. The molecule has 1 aromatic heterocycles. The van der Waals surface area contributed by atoms with Gasteiger partial charge in [0.05, 0.1) is 0 Å². The quantitative estimate of drug-likeness (QED) is 0.665. The number of benzene rings is 1. The first-order valence-electron chi connectivity index (χ1n) is 7.28. The maximum absolute atomic E-state index is 4.17. The van der Waals surface area contributed by atoms with Crippen LogP contribution in [0.4, 0.5) is 0 Å². The van der Waals surface area contributed by atoms with Crippen LogP contribution < -0.4 is 0 Å². The van der Waals surface area contributed by atoms with E-state index >= 15 is 0 Å². The zero-order valence-electron chi connectivity index (χ0n) is 12.6. The number of unbranched alkanes of at least 4 members (excludes halogenated alkanes) is 3. The molecule has 2 rings (SSSR count). The van der Waals surface area contributed by atoms with Crippen LogP contribution >= 0.6 is 31.9 Å². The Labute approximate surface area is 142 Å². The molecule has 0 aliphatic carbocycles. The second kappa shape index (κ2) is 7.49. The van der Waals surface area contributed by atoms with Gasteiger partial charge in [-0.15, -0.1) is 10.2 Å². The maximum Gasteiger partial charge on any atom is 0.206 e. The second-order valence-corrected chi connectivity index (χ2v) is 6.86. The number of hydrogen-bond donors (Lipinski definition) is 1. The lowest BCUT2D eigenvalue weighted by atomic mass is 9.93. The third-order valence-corrected chi connectivity index (χ3v) is 6.22. The summed E-state index contributed by atoms with van der Waals surface area (Å²) >= 11 is 7.35. The molecule has 6 heteroatoms. The van der Waals surface area contributed by atoms with Crippen molar-refractivity contribution in [3.05, 3.63) is 25.6 Å². The maximum atomic E-state index is 4.17. The Morgan fingerprint density at radius 3 is 2.38 bits per heavy atom. The molecule has 0 aliphatic rings. The Hall–Kier alpha value is -0.750. The first-order valence-corrected chi connectivity index (χ1v) is 8.87. The van der Waals surface area contributed by atoms with Crippen molar-refractivity contribution < 1.29 is 0 Å². The van der Waals surface area contributed by atoms with E-state index in [0.29, 0.717) is 5.82 Å². The van der Waals surface area contributed by atoms with Gasteiger partial charge in [-0.2, -0.15) is 5.21 Å². The van der Waals surface area contributed by atoms with Gasteiger partial charge < -0.3 is 0 Å². The first-order chi connectivity index (χ1) is 10.1. The third kappa shape index (κ3) is 3.54. The molecule has 0 amide bonds. The predicted octanol–water partition coefficient (Wildman–Crippen LogP) is 5.13. The lowest BCUT2D eigenvalue weighted by Crippen LogP contribution is -2.01. The molecule has 0 saturated carbocycles. The molecule has 1 heterocycles. The van der Waals surface area contributed by atoms with E-state index in [1.807, 2.05) is 0 Å². The van der Waals surface area contributed by atoms with Gasteiger partial charge in [-0.3, -0.25) is 0 Å². The highest BCUT2D eigenvalue weighted by Crippen LogP contribution is 2.40. The Bertz CT molecular complexity index is 609. The molecule has 0 bridgehead atoms. The molecule has 4 nitrogen and oxygen atoms in total. The van der Waals surface area contributed by atoms with Crippen molar-refractivity contribution in [2.75, 3.05) is 0 Å². The highest BCUT2D eigenvalue weighted by molar-refractivity contribution is 9.13. The Balaban J connectivity index is 2.45. The molecule has 0 unspecified atom stereocenters. The molecule has 1 N–H and O–H groups in total. The van der Waals surface area contributed by atoms with Crippen molar-refractivity contribution in [3.8, 4) is 11.4 Å². The van der Waals surface area contributed by atoms with Gasteiger partial charge in [-0.1, -0.05) is 26.2 Å². The Morgan fingerprint density at radius 1 is 1.00 bits per heavy atom. The summed E-state index contributed by atoms with van der Waals surface area (Å²) in [5.41, 5.74) is 4.94. The van der Waals surface area contributed by atoms with Crippen molar-refractivity contribution in [1.29, 1.82) is 0 Å². The summed E-state index contributed by atoms with van der Waals surface area (Å²) in [4.78, 5) is 0. The highest BCUT2D eigenvalue weighted by atomic mass is 79.9. The molecule has 0 atom stereocenters. The van der Waals surface area contributed by atoms with Crippen LogP contribution in [0, 0.1) is 13.8 Å². The number of halogens is 2. The average molecular weight is 416 g/mol. The first kappa shape index (κ1) is 16.6. The summed E-state index contributed by atoms with van der Waals surface area (Å²) in [5.74, 6) is 0.649. The molecule has 2 aromatic rings. The van der Waals surface area contributed by atoms with Crippen molar-refractivity contribution in [1.82, 2.24) is 20.6 Å². The summed E-state index contributed by atoms with van der Waals surface area (Å²) in [6.07, 6.45) is 6.02. The van der Waals surface area contributed by atoms with Gasteiger partial charge in [-0.05, 0) is 80.5 Å². The predicted molar refractivity (Wildman–Crippen MR) is 92.3 cm³/mol. The van der Waals surface area contributed by atoms with E-state index in [1.165, 1.54) is 42.4 Å². The van der Waals surface area contributed by atoms with E-state index in [-0.39, 0.29) is 0 Å². The fraction of sp³-hybridized carbons (Fsp3) is 0.533. The highest BCUT2D eigenvalue weighted by Gasteiger charge is 2.20. The minimum Gasteiger partial charge on any atom is -0.177 e. The standard InChI is InChI=1S/C15H20Br2N4/c1-4-5-6-7-8-11-9(2)10(3)13(16)14(17)12(11)15-18-20-21-19-15/h4-8H2,1-3H3,(H,18,19,20,21). The minimum atomic E-state index is 0.649. The zero-order valence-corrected chi connectivity index (χ0v) is 15.8. The smallest absolute Gasteiger partial charge is 0.177 e. The lowest BCUT2D eigenvalue weighted by Gasteiger charge is -2.17. The van der Waals surface area contributed by atoms with Crippen molar-refractivity contribution in [2.45, 2.75) is 52.9 Å². The van der Waals surface area contributed by atoms with Gasteiger partial charge in [0, 0.05) is 14.5 Å². The molecule has 1 aromatic carbocycles. The third-order valence-electron chi connectivity index (χ3n) is 3.91. The topological polar surface area (TPSA) is 54.5 Å². The van der Waals surface area contributed by atoms with Gasteiger partial charge >= 0.3 is 0 Å². The number of aromatic nitrogens is 4. The summed E-state index contributed by atoms with van der Waals surface area (Å²) in [7, 11) is 0. The van der Waals surface area contributed by atoms with E-state index in [1.54, 1.807) is 0 Å². The van der Waals surface area contributed by atoms with E-state index in [2.05, 4.69) is 73.3 Å². The molecule has 0 saturated heterocycles. The molecule has 0 spiro atoms. The lowest BCUT2D eigenvalue weighted by molar-refractivity contribution is 0.665. The minimum absolute atomic E-state index is 0.649. The van der Waals surface area contributed by atoms with Crippen LogP contribution in [0.5, 0.6) is 0 Å². The monoisotopic (exact) mass is 414 g/mol. The van der Waals surface area contributed by atoms with Gasteiger partial charge in [0.25, 0.3) is 0 Å². The summed E-state index contributed by atoms with van der Waals surface area (Å²) in [6.45, 7) is 6.54. The number of nitrogens with one attached hydrogen (secondary N) is 1. The van der Waals surface area contributed by atoms with Crippen LogP contribution in [0.2, 0.25) is 0 Å². The molecule has 0 fully saturated rings. The van der Waals surface area contributed by atoms with E-state index < -0.39 is 0 Å². The van der Waals surface area contributed by atoms with Gasteiger partial charge in [0.2, 0.25) is 5.82 Å². The largest absolute Gasteiger partial charge is 0.206 e. The fourth-order valence-corrected chi connectivity index (χ4v) is 3.74. The molecular weight excluding hydrogens is 396 g/mol. The molecular formula is C15H20Br2N4.